The van der Waals surface area contributed by atoms with Crippen LogP contribution in [0.4, 0.5) is 17.1 Å². The van der Waals surface area contributed by atoms with Crippen LogP contribution in [0.15, 0.2) is 71.2 Å². The Labute approximate surface area is 178 Å². The number of hydrogen-bond acceptors (Lipinski definition) is 5. The number of rotatable bonds is 4. The molecule has 1 aliphatic heterocycles. The van der Waals surface area contributed by atoms with E-state index in [1.807, 2.05) is 0 Å². The molecular formula is C21H12BrN3O5. The van der Waals surface area contributed by atoms with E-state index in [0.717, 1.165) is 15.4 Å². The van der Waals surface area contributed by atoms with Crippen LogP contribution >= 0.6 is 15.9 Å². The highest BCUT2D eigenvalue weighted by Gasteiger charge is 2.36. The number of nitro benzene ring substituents is 1. The fraction of sp³-hybridized carbons (Fsp3) is 0. The summed E-state index contributed by atoms with van der Waals surface area (Å²) < 4.78 is 0.814. The van der Waals surface area contributed by atoms with E-state index >= 15 is 0 Å². The average Bonchev–Trinajstić information content (AvgIpc) is 2.98. The van der Waals surface area contributed by atoms with Gasteiger partial charge >= 0.3 is 0 Å². The first-order valence-corrected chi connectivity index (χ1v) is 9.48. The minimum atomic E-state index is -0.590. The van der Waals surface area contributed by atoms with Crippen LogP contribution in [0.3, 0.4) is 0 Å². The number of amides is 3. The number of fused-ring (bicyclic) bond motifs is 1. The molecule has 0 bridgehead atoms. The molecule has 1 heterocycles. The topological polar surface area (TPSA) is 110 Å². The summed E-state index contributed by atoms with van der Waals surface area (Å²) in [5.74, 6) is -1.52. The molecule has 0 saturated heterocycles. The van der Waals surface area contributed by atoms with E-state index in [0.29, 0.717) is 11.4 Å². The van der Waals surface area contributed by atoms with Gasteiger partial charge in [-0.15, -0.1) is 0 Å². The van der Waals surface area contributed by atoms with Crippen LogP contribution in [-0.4, -0.2) is 22.6 Å². The van der Waals surface area contributed by atoms with Crippen molar-refractivity contribution < 1.29 is 19.3 Å². The van der Waals surface area contributed by atoms with Crippen molar-refractivity contribution in [3.63, 3.8) is 0 Å². The molecule has 3 amide bonds. The number of non-ortho nitro benzene ring substituents is 1. The third-order valence-corrected chi connectivity index (χ3v) is 5.08. The van der Waals surface area contributed by atoms with Crippen molar-refractivity contribution in [3.8, 4) is 0 Å². The zero-order valence-corrected chi connectivity index (χ0v) is 16.8. The van der Waals surface area contributed by atoms with Gasteiger partial charge in [0.1, 0.15) is 0 Å². The summed E-state index contributed by atoms with van der Waals surface area (Å²) in [5, 5.41) is 13.5. The maximum Gasteiger partial charge on any atom is 0.270 e. The Kier molecular flexibility index (Phi) is 4.88. The molecular weight excluding hydrogens is 454 g/mol. The first-order valence-electron chi connectivity index (χ1n) is 8.69. The van der Waals surface area contributed by atoms with Crippen LogP contribution in [0.25, 0.3) is 0 Å². The smallest absolute Gasteiger partial charge is 0.270 e. The Balaban J connectivity index is 1.60. The number of carbonyl (C=O) groups is 3. The number of benzene rings is 3. The van der Waals surface area contributed by atoms with Crippen LogP contribution in [0.1, 0.15) is 31.1 Å². The standard InChI is InChI=1S/C21H12BrN3O5/c22-13-4-7-15(8-5-13)24-20(27)17-9-6-14(11-18(17)21(24)28)23-19(26)12-2-1-3-16(10-12)25(29)30/h1-11H,(H,23,26). The molecule has 4 rings (SSSR count). The van der Waals surface area contributed by atoms with E-state index in [4.69, 9.17) is 0 Å². The number of halogens is 1. The quantitative estimate of drug-likeness (QED) is 0.348. The molecule has 1 aliphatic rings. The SMILES string of the molecule is O=C(Nc1ccc2c(c1)C(=O)N(c1ccc(Br)cc1)C2=O)c1cccc([N+](=O)[O-])c1. The van der Waals surface area contributed by atoms with Gasteiger partial charge in [0, 0.05) is 27.9 Å². The lowest BCUT2D eigenvalue weighted by Gasteiger charge is -2.13. The van der Waals surface area contributed by atoms with Gasteiger partial charge in [-0.25, -0.2) is 4.90 Å². The first kappa shape index (κ1) is 19.5. The lowest BCUT2D eigenvalue weighted by Crippen LogP contribution is -2.29. The normalized spacial score (nSPS) is 12.6. The summed E-state index contributed by atoms with van der Waals surface area (Å²) in [7, 11) is 0. The van der Waals surface area contributed by atoms with Crippen molar-refractivity contribution in [1.29, 1.82) is 0 Å². The molecule has 0 radical (unpaired) electrons. The van der Waals surface area contributed by atoms with E-state index in [1.54, 1.807) is 24.3 Å². The van der Waals surface area contributed by atoms with E-state index in [2.05, 4.69) is 21.2 Å². The molecule has 0 atom stereocenters. The maximum absolute atomic E-state index is 12.8. The van der Waals surface area contributed by atoms with Gasteiger partial charge in [-0.1, -0.05) is 22.0 Å². The molecule has 1 N–H and O–H groups in total. The molecule has 30 heavy (non-hydrogen) atoms. The van der Waals surface area contributed by atoms with E-state index in [1.165, 1.54) is 36.4 Å². The predicted molar refractivity (Wildman–Crippen MR) is 113 cm³/mol. The number of nitrogens with zero attached hydrogens (tertiary/aromatic N) is 2. The first-order chi connectivity index (χ1) is 14.3. The van der Waals surface area contributed by atoms with Gasteiger partial charge in [0.15, 0.2) is 0 Å². The van der Waals surface area contributed by atoms with E-state index in [9.17, 15) is 24.5 Å². The lowest BCUT2D eigenvalue weighted by atomic mass is 10.1. The van der Waals surface area contributed by atoms with Crippen molar-refractivity contribution >= 4 is 50.7 Å². The van der Waals surface area contributed by atoms with Crippen molar-refractivity contribution in [3.05, 3.63) is 98.0 Å². The number of nitrogens with one attached hydrogen (secondary N) is 1. The largest absolute Gasteiger partial charge is 0.322 e. The van der Waals surface area contributed by atoms with Gasteiger partial charge in [-0.2, -0.15) is 0 Å². The molecule has 0 saturated carbocycles. The van der Waals surface area contributed by atoms with Crippen LogP contribution in [0, 0.1) is 10.1 Å². The van der Waals surface area contributed by atoms with Gasteiger partial charge in [-0.05, 0) is 48.5 Å². The van der Waals surface area contributed by atoms with Crippen molar-refractivity contribution in [2.45, 2.75) is 0 Å². The Morgan fingerprint density at radius 3 is 2.33 bits per heavy atom. The fourth-order valence-electron chi connectivity index (χ4n) is 3.11. The third kappa shape index (κ3) is 3.46. The molecule has 9 heteroatoms. The number of nitro groups is 1. The van der Waals surface area contributed by atoms with Crippen LogP contribution in [-0.2, 0) is 0 Å². The van der Waals surface area contributed by atoms with Gasteiger partial charge < -0.3 is 5.32 Å². The third-order valence-electron chi connectivity index (χ3n) is 4.55. The minimum absolute atomic E-state index is 0.101. The second-order valence-electron chi connectivity index (χ2n) is 6.44. The fourth-order valence-corrected chi connectivity index (χ4v) is 3.37. The molecule has 3 aromatic carbocycles. The highest BCUT2D eigenvalue weighted by atomic mass is 79.9. The molecule has 3 aromatic rings. The number of imide groups is 1. The predicted octanol–water partition coefficient (Wildman–Crippen LogP) is 4.41. The summed E-state index contributed by atoms with van der Waals surface area (Å²) in [5.41, 5.74) is 1.03. The summed E-state index contributed by atoms with van der Waals surface area (Å²) in [6, 6.07) is 16.4. The highest BCUT2D eigenvalue weighted by molar-refractivity contribution is 9.10. The van der Waals surface area contributed by atoms with E-state index in [-0.39, 0.29) is 22.4 Å². The van der Waals surface area contributed by atoms with Gasteiger partial charge in [0.2, 0.25) is 0 Å². The number of anilines is 2. The average molecular weight is 466 g/mol. The van der Waals surface area contributed by atoms with Crippen LogP contribution in [0.5, 0.6) is 0 Å². The molecule has 148 valence electrons. The Morgan fingerprint density at radius 1 is 0.933 bits per heavy atom. The number of hydrogen-bond donors (Lipinski definition) is 1. The van der Waals surface area contributed by atoms with Gasteiger partial charge in [-0.3, -0.25) is 24.5 Å². The van der Waals surface area contributed by atoms with Gasteiger partial charge in [0.25, 0.3) is 23.4 Å². The number of carbonyl (C=O) groups excluding carboxylic acids is 3. The second-order valence-corrected chi connectivity index (χ2v) is 7.36. The lowest BCUT2D eigenvalue weighted by molar-refractivity contribution is -0.384. The zero-order valence-electron chi connectivity index (χ0n) is 15.2. The molecule has 0 aliphatic carbocycles. The molecule has 0 fully saturated rings. The van der Waals surface area contributed by atoms with E-state index < -0.39 is 22.6 Å². The van der Waals surface area contributed by atoms with Crippen LogP contribution < -0.4 is 10.2 Å². The summed E-state index contributed by atoms with van der Waals surface area (Å²) in [6.07, 6.45) is 0. The minimum Gasteiger partial charge on any atom is -0.322 e. The van der Waals surface area contributed by atoms with Crippen molar-refractivity contribution in [1.82, 2.24) is 0 Å². The van der Waals surface area contributed by atoms with Crippen LogP contribution in [0.2, 0.25) is 0 Å². The van der Waals surface area contributed by atoms with Crippen molar-refractivity contribution in [2.75, 3.05) is 10.2 Å². The summed E-state index contributed by atoms with van der Waals surface area (Å²) in [4.78, 5) is 49.3. The molecule has 0 aromatic heterocycles. The molecule has 0 spiro atoms. The summed E-state index contributed by atoms with van der Waals surface area (Å²) >= 11 is 3.31. The Bertz CT molecular complexity index is 1220. The van der Waals surface area contributed by atoms with Crippen molar-refractivity contribution in [2.24, 2.45) is 0 Å². The molecule has 8 nitrogen and oxygen atoms in total. The zero-order chi connectivity index (χ0) is 21.4. The van der Waals surface area contributed by atoms with Gasteiger partial charge in [0.05, 0.1) is 21.7 Å². The highest BCUT2D eigenvalue weighted by Crippen LogP contribution is 2.31. The molecule has 0 unspecified atom stereocenters. The Morgan fingerprint density at radius 2 is 1.63 bits per heavy atom. The maximum atomic E-state index is 12.8. The second kappa shape index (κ2) is 7.53. The summed E-state index contributed by atoms with van der Waals surface area (Å²) in [6.45, 7) is 0. The monoisotopic (exact) mass is 465 g/mol. The Hall–Kier alpha value is -3.85.